The van der Waals surface area contributed by atoms with Crippen molar-refractivity contribution < 1.29 is 4.74 Å². The maximum atomic E-state index is 5.33. The van der Waals surface area contributed by atoms with Gasteiger partial charge < -0.3 is 14.6 Å². The second-order valence-electron chi connectivity index (χ2n) is 4.41. The smallest absolute Gasteiger partial charge is 0.146 e. The van der Waals surface area contributed by atoms with E-state index in [2.05, 4.69) is 15.5 Å². The summed E-state index contributed by atoms with van der Waals surface area (Å²) < 4.78 is 7.36. The summed E-state index contributed by atoms with van der Waals surface area (Å²) in [7, 11) is 2.00. The van der Waals surface area contributed by atoms with E-state index in [1.807, 2.05) is 18.5 Å². The lowest BCUT2D eigenvalue weighted by molar-refractivity contribution is 0.0662. The highest BCUT2D eigenvalue weighted by Crippen LogP contribution is 2.13. The Morgan fingerprint density at radius 3 is 2.75 bits per heavy atom. The largest absolute Gasteiger partial charge is 0.381 e. The molecule has 1 aromatic heterocycles. The topological polar surface area (TPSA) is 52.0 Å². The molecule has 1 aliphatic heterocycles. The average Bonchev–Trinajstić information content (AvgIpc) is 2.62. The molecule has 5 nitrogen and oxygen atoms in total. The summed E-state index contributed by atoms with van der Waals surface area (Å²) in [6.45, 7) is 5.64. The molecule has 2 rings (SSSR count). The van der Waals surface area contributed by atoms with E-state index < -0.39 is 0 Å². The third kappa shape index (κ3) is 2.80. The van der Waals surface area contributed by atoms with E-state index in [0.29, 0.717) is 0 Å². The van der Waals surface area contributed by atoms with Crippen LogP contribution in [-0.4, -0.2) is 34.5 Å². The van der Waals surface area contributed by atoms with Gasteiger partial charge in [-0.05, 0) is 32.2 Å². The highest BCUT2D eigenvalue weighted by atomic mass is 16.5. The van der Waals surface area contributed by atoms with Crippen molar-refractivity contribution in [2.75, 3.05) is 19.8 Å². The van der Waals surface area contributed by atoms with Gasteiger partial charge in [0.15, 0.2) is 0 Å². The van der Waals surface area contributed by atoms with E-state index in [9.17, 15) is 0 Å². The molecule has 2 heterocycles. The van der Waals surface area contributed by atoms with Gasteiger partial charge in [-0.25, -0.2) is 0 Å². The van der Waals surface area contributed by atoms with Crippen molar-refractivity contribution in [2.24, 2.45) is 13.0 Å². The van der Waals surface area contributed by atoms with Crippen LogP contribution in [-0.2, 0) is 18.3 Å². The third-order valence-electron chi connectivity index (χ3n) is 3.24. The van der Waals surface area contributed by atoms with E-state index in [1.54, 1.807) is 0 Å². The van der Waals surface area contributed by atoms with E-state index in [1.165, 1.54) is 12.8 Å². The lowest BCUT2D eigenvalue weighted by Crippen LogP contribution is -2.28. The van der Waals surface area contributed by atoms with Crippen molar-refractivity contribution in [3.05, 3.63) is 11.6 Å². The summed E-state index contributed by atoms with van der Waals surface area (Å²) in [5, 5.41) is 11.6. The van der Waals surface area contributed by atoms with Crippen molar-refractivity contribution in [1.82, 2.24) is 20.1 Å². The molecule has 0 spiro atoms. The minimum absolute atomic E-state index is 0.753. The van der Waals surface area contributed by atoms with Crippen LogP contribution in [0.1, 0.15) is 24.5 Å². The summed E-state index contributed by atoms with van der Waals surface area (Å²) in [5.41, 5.74) is 0. The van der Waals surface area contributed by atoms with Gasteiger partial charge in [0.25, 0.3) is 0 Å². The molecule has 0 aliphatic carbocycles. The standard InChI is InChI=1S/C11H20N4O/c1-9-13-14-11(15(9)2)8-12-7-10-3-5-16-6-4-10/h10,12H,3-8H2,1-2H3. The SMILES string of the molecule is Cc1nnc(CNCC2CCOCC2)n1C. The molecular weight excluding hydrogens is 204 g/mol. The highest BCUT2D eigenvalue weighted by molar-refractivity contribution is 4.91. The third-order valence-corrected chi connectivity index (χ3v) is 3.24. The Labute approximate surface area is 96.2 Å². The molecule has 0 unspecified atom stereocenters. The van der Waals surface area contributed by atoms with Gasteiger partial charge in [-0.1, -0.05) is 0 Å². The highest BCUT2D eigenvalue weighted by Gasteiger charge is 2.13. The number of nitrogens with zero attached hydrogens (tertiary/aromatic N) is 3. The Hall–Kier alpha value is -0.940. The van der Waals surface area contributed by atoms with Gasteiger partial charge in [-0.2, -0.15) is 0 Å². The van der Waals surface area contributed by atoms with Gasteiger partial charge in [0.1, 0.15) is 11.6 Å². The zero-order valence-electron chi connectivity index (χ0n) is 10.1. The van der Waals surface area contributed by atoms with Crippen LogP contribution in [0.3, 0.4) is 0 Å². The molecule has 90 valence electrons. The maximum absolute atomic E-state index is 5.33. The van der Waals surface area contributed by atoms with E-state index in [4.69, 9.17) is 4.74 Å². The van der Waals surface area contributed by atoms with Gasteiger partial charge in [-0.15, -0.1) is 10.2 Å². The molecule has 1 fully saturated rings. The first-order valence-electron chi connectivity index (χ1n) is 5.90. The summed E-state index contributed by atoms with van der Waals surface area (Å²) in [6.07, 6.45) is 2.34. The molecule has 0 amide bonds. The zero-order chi connectivity index (χ0) is 11.4. The molecule has 0 bridgehead atoms. The van der Waals surface area contributed by atoms with Gasteiger partial charge in [-0.3, -0.25) is 0 Å². The number of nitrogens with one attached hydrogen (secondary N) is 1. The lowest BCUT2D eigenvalue weighted by atomic mass is 10.0. The van der Waals surface area contributed by atoms with Gasteiger partial charge >= 0.3 is 0 Å². The molecule has 1 N–H and O–H groups in total. The monoisotopic (exact) mass is 224 g/mol. The van der Waals surface area contributed by atoms with E-state index in [0.717, 1.165) is 43.9 Å². The number of hydrogen-bond donors (Lipinski definition) is 1. The number of aryl methyl sites for hydroxylation is 1. The predicted molar refractivity (Wildman–Crippen MR) is 61.0 cm³/mol. The summed E-state index contributed by atoms with van der Waals surface area (Å²) >= 11 is 0. The van der Waals surface area contributed by atoms with Crippen LogP contribution in [0.25, 0.3) is 0 Å². The normalized spacial score (nSPS) is 17.9. The average molecular weight is 224 g/mol. The van der Waals surface area contributed by atoms with Crippen molar-refractivity contribution in [2.45, 2.75) is 26.3 Å². The number of ether oxygens (including phenoxy) is 1. The fraction of sp³-hybridized carbons (Fsp3) is 0.818. The molecular formula is C11H20N4O. The zero-order valence-corrected chi connectivity index (χ0v) is 10.1. The molecule has 1 saturated heterocycles. The van der Waals surface area contributed by atoms with Gasteiger partial charge in [0.2, 0.25) is 0 Å². The summed E-state index contributed by atoms with van der Waals surface area (Å²) in [4.78, 5) is 0. The van der Waals surface area contributed by atoms with E-state index in [-0.39, 0.29) is 0 Å². The van der Waals surface area contributed by atoms with Crippen LogP contribution >= 0.6 is 0 Å². The molecule has 0 saturated carbocycles. The van der Waals surface area contributed by atoms with Crippen molar-refractivity contribution in [3.8, 4) is 0 Å². The van der Waals surface area contributed by atoms with Crippen molar-refractivity contribution in [1.29, 1.82) is 0 Å². The minimum atomic E-state index is 0.753. The molecule has 16 heavy (non-hydrogen) atoms. The number of hydrogen-bond acceptors (Lipinski definition) is 4. The minimum Gasteiger partial charge on any atom is -0.381 e. The van der Waals surface area contributed by atoms with Crippen LogP contribution in [0.2, 0.25) is 0 Å². The summed E-state index contributed by atoms with van der Waals surface area (Å²) in [6, 6.07) is 0. The number of rotatable bonds is 4. The van der Waals surface area contributed by atoms with Crippen LogP contribution in [0.5, 0.6) is 0 Å². The van der Waals surface area contributed by atoms with Gasteiger partial charge in [0, 0.05) is 20.3 Å². The quantitative estimate of drug-likeness (QED) is 0.815. The van der Waals surface area contributed by atoms with Crippen LogP contribution in [0.15, 0.2) is 0 Å². The molecule has 1 aromatic rings. The molecule has 5 heteroatoms. The number of aromatic nitrogens is 3. The summed E-state index contributed by atoms with van der Waals surface area (Å²) in [5.74, 6) is 2.72. The lowest BCUT2D eigenvalue weighted by Gasteiger charge is -2.22. The van der Waals surface area contributed by atoms with Crippen LogP contribution in [0, 0.1) is 12.8 Å². The second kappa shape index (κ2) is 5.41. The van der Waals surface area contributed by atoms with Crippen LogP contribution < -0.4 is 5.32 Å². The Morgan fingerprint density at radius 1 is 1.38 bits per heavy atom. The Morgan fingerprint density at radius 2 is 2.12 bits per heavy atom. The fourth-order valence-electron chi connectivity index (χ4n) is 1.94. The van der Waals surface area contributed by atoms with Crippen LogP contribution in [0.4, 0.5) is 0 Å². The second-order valence-corrected chi connectivity index (χ2v) is 4.41. The Kier molecular flexibility index (Phi) is 3.90. The predicted octanol–water partition coefficient (Wildman–Crippen LogP) is 0.640. The fourth-order valence-corrected chi connectivity index (χ4v) is 1.94. The first-order chi connectivity index (χ1) is 7.77. The van der Waals surface area contributed by atoms with Crippen molar-refractivity contribution in [3.63, 3.8) is 0 Å². The molecule has 0 aromatic carbocycles. The van der Waals surface area contributed by atoms with Gasteiger partial charge in [0.05, 0.1) is 6.54 Å². The Bertz CT molecular complexity index is 331. The Balaban J connectivity index is 1.73. The molecule has 1 aliphatic rings. The van der Waals surface area contributed by atoms with E-state index >= 15 is 0 Å². The maximum Gasteiger partial charge on any atom is 0.146 e. The first kappa shape index (κ1) is 11.5. The van der Waals surface area contributed by atoms with Crippen molar-refractivity contribution >= 4 is 0 Å². The molecule has 0 atom stereocenters. The first-order valence-corrected chi connectivity index (χ1v) is 5.90. The molecule has 0 radical (unpaired) electrons.